The lowest BCUT2D eigenvalue weighted by Crippen LogP contribution is -2.39. The molecule has 0 amide bonds. The van der Waals surface area contributed by atoms with Crippen LogP contribution >= 0.6 is 24.0 Å². The van der Waals surface area contributed by atoms with Crippen LogP contribution in [0.3, 0.4) is 0 Å². The van der Waals surface area contributed by atoms with E-state index in [1.807, 2.05) is 6.92 Å². The van der Waals surface area contributed by atoms with E-state index in [-0.39, 0.29) is 18.0 Å². The topological polar surface area (TPSA) is 21.3 Å². The first kappa shape index (κ1) is 14.9. The fraction of sp³-hybridized carbons (Fsp3) is 0.467. The van der Waals surface area contributed by atoms with Crippen molar-refractivity contribution in [2.75, 3.05) is 13.1 Å². The van der Waals surface area contributed by atoms with Crippen LogP contribution in [0.1, 0.15) is 36.5 Å². The van der Waals surface area contributed by atoms with E-state index in [4.69, 9.17) is 16.3 Å². The molecule has 104 valence electrons. The first-order chi connectivity index (χ1) is 8.53. The maximum absolute atomic E-state index is 6.50. The number of fused-ring (bicyclic) bond motifs is 3. The van der Waals surface area contributed by atoms with E-state index in [9.17, 15) is 0 Å². The second kappa shape index (κ2) is 5.10. The highest BCUT2D eigenvalue weighted by molar-refractivity contribution is 6.33. The van der Waals surface area contributed by atoms with Crippen molar-refractivity contribution < 1.29 is 4.74 Å². The summed E-state index contributed by atoms with van der Waals surface area (Å²) in [4.78, 5) is 0. The molecular weight excluding hydrogens is 281 g/mol. The van der Waals surface area contributed by atoms with Crippen molar-refractivity contribution in [1.29, 1.82) is 0 Å². The van der Waals surface area contributed by atoms with Crippen molar-refractivity contribution in [3.8, 4) is 0 Å². The summed E-state index contributed by atoms with van der Waals surface area (Å²) in [7, 11) is 0. The Hall–Kier alpha value is -0.540. The second-order valence-corrected chi connectivity index (χ2v) is 5.94. The van der Waals surface area contributed by atoms with Crippen molar-refractivity contribution in [2.24, 2.45) is 0 Å². The minimum absolute atomic E-state index is 0. The molecule has 0 radical (unpaired) electrons. The molecule has 19 heavy (non-hydrogen) atoms. The maximum atomic E-state index is 6.50. The second-order valence-electron chi connectivity index (χ2n) is 5.56. The summed E-state index contributed by atoms with van der Waals surface area (Å²) in [6.07, 6.45) is 0. The molecule has 2 aliphatic heterocycles. The molecule has 1 saturated heterocycles. The highest BCUT2D eigenvalue weighted by Gasteiger charge is 2.45. The number of allylic oxidation sites excluding steroid dienone is 1. The van der Waals surface area contributed by atoms with Gasteiger partial charge in [0.2, 0.25) is 0 Å². The van der Waals surface area contributed by atoms with Gasteiger partial charge in [-0.25, -0.2) is 0 Å². The molecule has 0 saturated carbocycles. The van der Waals surface area contributed by atoms with Crippen LogP contribution < -0.4 is 5.32 Å². The molecule has 1 N–H and O–H groups in total. The molecule has 2 atom stereocenters. The molecule has 3 rings (SSSR count). The molecule has 0 aromatic heterocycles. The number of rotatable bonds is 1. The van der Waals surface area contributed by atoms with Crippen LogP contribution in [0.5, 0.6) is 0 Å². The molecule has 0 bridgehead atoms. The Kier molecular flexibility index (Phi) is 3.99. The van der Waals surface area contributed by atoms with Gasteiger partial charge in [-0.2, -0.15) is 0 Å². The van der Waals surface area contributed by atoms with Gasteiger partial charge in [-0.1, -0.05) is 30.3 Å². The lowest BCUT2D eigenvalue weighted by Gasteiger charge is -2.37. The first-order valence-corrected chi connectivity index (χ1v) is 6.72. The first-order valence-electron chi connectivity index (χ1n) is 6.35. The third kappa shape index (κ3) is 2.21. The normalized spacial score (nSPS) is 28.3. The summed E-state index contributed by atoms with van der Waals surface area (Å²) in [6.45, 7) is 10.6. The highest BCUT2D eigenvalue weighted by Crippen LogP contribution is 2.44. The van der Waals surface area contributed by atoms with E-state index >= 15 is 0 Å². The quantitative estimate of drug-likeness (QED) is 0.852. The predicted octanol–water partition coefficient (Wildman–Crippen LogP) is 3.77. The highest BCUT2D eigenvalue weighted by atomic mass is 35.5. The van der Waals surface area contributed by atoms with Crippen LogP contribution in [0.15, 0.2) is 18.7 Å². The molecule has 0 spiro atoms. The Morgan fingerprint density at radius 1 is 1.53 bits per heavy atom. The van der Waals surface area contributed by atoms with Crippen LogP contribution in [0.25, 0.3) is 5.57 Å². The molecule has 2 nitrogen and oxygen atoms in total. The van der Waals surface area contributed by atoms with Crippen molar-refractivity contribution in [2.45, 2.75) is 32.0 Å². The molecule has 1 aromatic rings. The third-order valence-corrected chi connectivity index (χ3v) is 4.65. The van der Waals surface area contributed by atoms with E-state index in [1.165, 1.54) is 5.56 Å². The molecule has 4 heteroatoms. The van der Waals surface area contributed by atoms with E-state index < -0.39 is 0 Å². The summed E-state index contributed by atoms with van der Waals surface area (Å²) in [5, 5.41) is 4.23. The van der Waals surface area contributed by atoms with Crippen molar-refractivity contribution in [3.63, 3.8) is 0 Å². The van der Waals surface area contributed by atoms with Gasteiger partial charge >= 0.3 is 0 Å². The van der Waals surface area contributed by atoms with Gasteiger partial charge in [0.25, 0.3) is 0 Å². The van der Waals surface area contributed by atoms with E-state index in [0.29, 0.717) is 12.5 Å². The molecule has 2 aliphatic rings. The third-order valence-electron chi connectivity index (χ3n) is 4.22. The molecule has 2 unspecified atom stereocenters. The van der Waals surface area contributed by atoms with E-state index in [2.05, 4.69) is 31.0 Å². The number of halogens is 2. The standard InChI is InChI=1S/C15H18ClNO.ClH/c1-9(2)10-4-5-11-12(14(10)16)7-18-15(3)8-17-6-13(11)15;/h4-5,13,17H,1,6-8H2,2-3H3;1H. The maximum Gasteiger partial charge on any atom is 0.0863 e. The average Bonchev–Trinajstić information content (AvgIpc) is 2.71. The Balaban J connectivity index is 0.00000133. The summed E-state index contributed by atoms with van der Waals surface area (Å²) in [6, 6.07) is 4.29. The number of ether oxygens (including phenoxy) is 1. The van der Waals surface area contributed by atoms with Crippen LogP contribution in [0.2, 0.25) is 5.02 Å². The minimum Gasteiger partial charge on any atom is -0.369 e. The van der Waals surface area contributed by atoms with E-state index in [1.54, 1.807) is 0 Å². The van der Waals surface area contributed by atoms with Gasteiger partial charge in [0.1, 0.15) is 0 Å². The molecule has 0 aliphatic carbocycles. The van der Waals surface area contributed by atoms with Gasteiger partial charge in [0.05, 0.1) is 17.2 Å². The van der Waals surface area contributed by atoms with Crippen LogP contribution in [0, 0.1) is 0 Å². The molecule has 1 fully saturated rings. The van der Waals surface area contributed by atoms with Gasteiger partial charge in [-0.3, -0.25) is 0 Å². The van der Waals surface area contributed by atoms with Gasteiger partial charge < -0.3 is 10.1 Å². The molecular formula is C15H19Cl2NO. The number of benzene rings is 1. The fourth-order valence-corrected chi connectivity index (χ4v) is 3.46. The Morgan fingerprint density at radius 2 is 2.26 bits per heavy atom. The number of nitrogens with one attached hydrogen (secondary N) is 1. The van der Waals surface area contributed by atoms with Gasteiger partial charge in [-0.15, -0.1) is 12.4 Å². The van der Waals surface area contributed by atoms with Crippen molar-refractivity contribution in [3.05, 3.63) is 40.4 Å². The minimum atomic E-state index is -0.0823. The Morgan fingerprint density at radius 3 is 2.95 bits per heavy atom. The molecule has 2 heterocycles. The SMILES string of the molecule is C=C(C)c1ccc2c(c1Cl)COC1(C)CNCC21.Cl. The lowest BCUT2D eigenvalue weighted by atomic mass is 9.81. The van der Waals surface area contributed by atoms with Gasteiger partial charge in [0, 0.05) is 24.6 Å². The van der Waals surface area contributed by atoms with Gasteiger partial charge in [-0.05, 0) is 30.5 Å². The Labute approximate surface area is 125 Å². The number of hydrogen-bond donors (Lipinski definition) is 1. The van der Waals surface area contributed by atoms with Crippen LogP contribution in [0.4, 0.5) is 0 Å². The van der Waals surface area contributed by atoms with Gasteiger partial charge in [0.15, 0.2) is 0 Å². The largest absolute Gasteiger partial charge is 0.369 e. The lowest BCUT2D eigenvalue weighted by molar-refractivity contribution is -0.0517. The summed E-state index contributed by atoms with van der Waals surface area (Å²) in [5.74, 6) is 0.401. The summed E-state index contributed by atoms with van der Waals surface area (Å²) < 4.78 is 6.05. The van der Waals surface area contributed by atoms with E-state index in [0.717, 1.165) is 34.8 Å². The molecule has 1 aromatic carbocycles. The number of hydrogen-bond acceptors (Lipinski definition) is 2. The van der Waals surface area contributed by atoms with Crippen LogP contribution in [-0.4, -0.2) is 18.7 Å². The summed E-state index contributed by atoms with van der Waals surface area (Å²) in [5.41, 5.74) is 4.43. The zero-order valence-electron chi connectivity index (χ0n) is 11.3. The average molecular weight is 300 g/mol. The van der Waals surface area contributed by atoms with Crippen molar-refractivity contribution in [1.82, 2.24) is 5.32 Å². The zero-order valence-corrected chi connectivity index (χ0v) is 12.8. The monoisotopic (exact) mass is 299 g/mol. The van der Waals surface area contributed by atoms with Crippen molar-refractivity contribution >= 4 is 29.6 Å². The Bertz CT molecular complexity index is 529. The predicted molar refractivity (Wildman–Crippen MR) is 82.2 cm³/mol. The van der Waals surface area contributed by atoms with Crippen LogP contribution in [-0.2, 0) is 11.3 Å². The fourth-order valence-electron chi connectivity index (χ4n) is 3.07. The summed E-state index contributed by atoms with van der Waals surface area (Å²) >= 11 is 6.50. The zero-order chi connectivity index (χ0) is 12.9. The smallest absolute Gasteiger partial charge is 0.0863 e.